The van der Waals surface area contributed by atoms with Crippen molar-refractivity contribution in [2.45, 2.75) is 6.04 Å². The van der Waals surface area contributed by atoms with E-state index in [4.69, 9.17) is 28.9 Å². The zero-order chi connectivity index (χ0) is 14.2. The molecule has 19 heavy (non-hydrogen) atoms. The lowest BCUT2D eigenvalue weighted by Gasteiger charge is -2.15. The van der Waals surface area contributed by atoms with Crippen LogP contribution in [0.5, 0.6) is 0 Å². The summed E-state index contributed by atoms with van der Waals surface area (Å²) < 4.78 is 15.4. The standard InChI is InChI=1S/C13H8Br2Cl2FN/c14-8-3-1-6(5-10(8)16)13(19)7-2-4-9(15)11(17)12(7)18/h1-5,13H,19H2. The minimum atomic E-state index is -0.629. The highest BCUT2D eigenvalue weighted by molar-refractivity contribution is 9.10. The second kappa shape index (κ2) is 6.10. The smallest absolute Gasteiger partial charge is 0.148 e. The fraction of sp³-hybridized carbons (Fsp3) is 0.0769. The van der Waals surface area contributed by atoms with Crippen LogP contribution in [-0.2, 0) is 0 Å². The van der Waals surface area contributed by atoms with E-state index in [0.717, 1.165) is 4.47 Å². The first-order valence-electron chi connectivity index (χ1n) is 5.25. The van der Waals surface area contributed by atoms with Gasteiger partial charge in [0, 0.05) is 14.5 Å². The lowest BCUT2D eigenvalue weighted by atomic mass is 9.99. The Morgan fingerprint density at radius 3 is 2.32 bits per heavy atom. The maximum atomic E-state index is 14.1. The minimum absolute atomic E-state index is 0.0242. The molecule has 2 N–H and O–H groups in total. The van der Waals surface area contributed by atoms with Crippen LogP contribution in [0, 0.1) is 5.82 Å². The highest BCUT2D eigenvalue weighted by Gasteiger charge is 2.18. The van der Waals surface area contributed by atoms with Gasteiger partial charge in [0.15, 0.2) is 0 Å². The van der Waals surface area contributed by atoms with Gasteiger partial charge in [-0.1, -0.05) is 35.3 Å². The highest BCUT2D eigenvalue weighted by atomic mass is 79.9. The molecule has 2 aromatic rings. The lowest BCUT2D eigenvalue weighted by molar-refractivity contribution is 0.599. The van der Waals surface area contributed by atoms with E-state index in [1.807, 2.05) is 0 Å². The molecule has 0 aromatic heterocycles. The molecule has 0 amide bonds. The van der Waals surface area contributed by atoms with Crippen LogP contribution in [-0.4, -0.2) is 0 Å². The zero-order valence-corrected chi connectivity index (χ0v) is 14.1. The van der Waals surface area contributed by atoms with Crippen molar-refractivity contribution in [3.8, 4) is 0 Å². The van der Waals surface area contributed by atoms with Gasteiger partial charge in [0.1, 0.15) is 5.82 Å². The second-order valence-electron chi connectivity index (χ2n) is 3.92. The molecule has 100 valence electrons. The van der Waals surface area contributed by atoms with Gasteiger partial charge < -0.3 is 5.73 Å². The van der Waals surface area contributed by atoms with E-state index >= 15 is 0 Å². The van der Waals surface area contributed by atoms with Crippen molar-refractivity contribution in [3.63, 3.8) is 0 Å². The van der Waals surface area contributed by atoms with Gasteiger partial charge in [-0.05, 0) is 55.6 Å². The quantitative estimate of drug-likeness (QED) is 0.611. The first-order chi connectivity index (χ1) is 8.91. The SMILES string of the molecule is NC(c1ccc(Br)c(Cl)c1)c1ccc(Br)c(Cl)c1F. The number of halogens is 5. The van der Waals surface area contributed by atoms with Gasteiger partial charge in [-0.3, -0.25) is 0 Å². The van der Waals surface area contributed by atoms with Crippen LogP contribution in [0.2, 0.25) is 10.0 Å². The van der Waals surface area contributed by atoms with Crippen molar-refractivity contribution in [1.82, 2.24) is 0 Å². The van der Waals surface area contributed by atoms with E-state index in [0.29, 0.717) is 20.6 Å². The Morgan fingerprint density at radius 2 is 1.68 bits per heavy atom. The van der Waals surface area contributed by atoms with Crippen molar-refractivity contribution in [1.29, 1.82) is 0 Å². The maximum Gasteiger partial charge on any atom is 0.148 e. The van der Waals surface area contributed by atoms with Gasteiger partial charge in [0.2, 0.25) is 0 Å². The van der Waals surface area contributed by atoms with Crippen molar-refractivity contribution in [2.24, 2.45) is 5.73 Å². The molecule has 0 saturated heterocycles. The zero-order valence-electron chi connectivity index (χ0n) is 9.43. The number of hydrogen-bond acceptors (Lipinski definition) is 1. The molecule has 0 spiro atoms. The van der Waals surface area contributed by atoms with Crippen LogP contribution in [0.1, 0.15) is 17.2 Å². The third-order valence-electron chi connectivity index (χ3n) is 2.70. The number of nitrogens with two attached hydrogens (primary N) is 1. The fourth-order valence-corrected chi connectivity index (χ4v) is 2.58. The summed E-state index contributed by atoms with van der Waals surface area (Å²) in [5, 5.41) is 0.549. The van der Waals surface area contributed by atoms with E-state index in [1.165, 1.54) is 0 Å². The normalized spacial score (nSPS) is 12.5. The summed E-state index contributed by atoms with van der Waals surface area (Å²) in [6.45, 7) is 0. The van der Waals surface area contributed by atoms with Crippen molar-refractivity contribution in [3.05, 3.63) is 66.3 Å². The molecule has 2 rings (SSSR count). The highest BCUT2D eigenvalue weighted by Crippen LogP contribution is 2.33. The fourth-order valence-electron chi connectivity index (χ4n) is 1.67. The second-order valence-corrected chi connectivity index (χ2v) is 6.41. The molecular formula is C13H8Br2Cl2FN. The van der Waals surface area contributed by atoms with Gasteiger partial charge in [0.05, 0.1) is 16.1 Å². The molecule has 0 aliphatic carbocycles. The summed E-state index contributed by atoms with van der Waals surface area (Å²) in [5.74, 6) is -0.525. The maximum absolute atomic E-state index is 14.1. The first kappa shape index (κ1) is 15.3. The van der Waals surface area contributed by atoms with Crippen molar-refractivity contribution >= 4 is 55.1 Å². The molecule has 0 heterocycles. The summed E-state index contributed by atoms with van der Waals surface area (Å²) in [4.78, 5) is 0. The minimum Gasteiger partial charge on any atom is -0.320 e. The van der Waals surface area contributed by atoms with E-state index in [9.17, 15) is 4.39 Å². The first-order valence-corrected chi connectivity index (χ1v) is 7.60. The molecule has 0 bridgehead atoms. The van der Waals surface area contributed by atoms with E-state index in [-0.39, 0.29) is 5.02 Å². The summed E-state index contributed by atoms with van der Waals surface area (Å²) in [5.41, 5.74) is 7.11. The van der Waals surface area contributed by atoms with Crippen LogP contribution in [0.3, 0.4) is 0 Å². The summed E-state index contributed by atoms with van der Waals surface area (Å²) in [6, 6.07) is 7.90. The topological polar surface area (TPSA) is 26.0 Å². The van der Waals surface area contributed by atoms with Crippen LogP contribution in [0.15, 0.2) is 39.3 Å². The van der Waals surface area contributed by atoms with Crippen LogP contribution in [0.4, 0.5) is 4.39 Å². The average molecular weight is 428 g/mol. The van der Waals surface area contributed by atoms with Gasteiger partial charge in [-0.25, -0.2) is 4.39 Å². The Labute approximate surface area is 137 Å². The Morgan fingerprint density at radius 1 is 1.05 bits per heavy atom. The Kier molecular flexibility index (Phi) is 4.90. The molecule has 2 aromatic carbocycles. The Balaban J connectivity index is 2.47. The molecule has 1 unspecified atom stereocenters. The lowest BCUT2D eigenvalue weighted by Crippen LogP contribution is -2.14. The summed E-state index contributed by atoms with van der Waals surface area (Å²) in [6.07, 6.45) is 0. The molecule has 0 saturated carbocycles. The van der Waals surface area contributed by atoms with Gasteiger partial charge >= 0.3 is 0 Å². The Bertz CT molecular complexity index is 634. The predicted octanol–water partition coefficient (Wildman–Crippen LogP) is 5.71. The van der Waals surface area contributed by atoms with Crippen molar-refractivity contribution < 1.29 is 4.39 Å². The van der Waals surface area contributed by atoms with Crippen LogP contribution < -0.4 is 5.73 Å². The molecule has 0 aliphatic rings. The molecule has 1 nitrogen and oxygen atoms in total. The van der Waals surface area contributed by atoms with E-state index in [2.05, 4.69) is 31.9 Å². The molecular weight excluding hydrogens is 420 g/mol. The predicted molar refractivity (Wildman–Crippen MR) is 84.3 cm³/mol. The monoisotopic (exact) mass is 425 g/mol. The Hall–Kier alpha value is -0.130. The summed E-state index contributed by atoms with van der Waals surface area (Å²) in [7, 11) is 0. The van der Waals surface area contributed by atoms with Crippen LogP contribution >= 0.6 is 55.1 Å². The molecule has 0 aliphatic heterocycles. The molecule has 0 fully saturated rings. The number of benzene rings is 2. The average Bonchev–Trinajstić information content (AvgIpc) is 2.39. The number of rotatable bonds is 2. The summed E-state index contributed by atoms with van der Waals surface area (Å²) >= 11 is 18.3. The largest absolute Gasteiger partial charge is 0.320 e. The van der Waals surface area contributed by atoms with E-state index < -0.39 is 11.9 Å². The third-order valence-corrected chi connectivity index (χ3v) is 5.19. The van der Waals surface area contributed by atoms with Crippen molar-refractivity contribution in [2.75, 3.05) is 0 Å². The third kappa shape index (κ3) is 3.14. The van der Waals surface area contributed by atoms with Gasteiger partial charge in [0.25, 0.3) is 0 Å². The van der Waals surface area contributed by atoms with E-state index in [1.54, 1.807) is 30.3 Å². The number of hydrogen-bond donors (Lipinski definition) is 1. The van der Waals surface area contributed by atoms with Crippen LogP contribution in [0.25, 0.3) is 0 Å². The molecule has 0 radical (unpaired) electrons. The molecule has 6 heteroatoms. The van der Waals surface area contributed by atoms with Gasteiger partial charge in [-0.15, -0.1) is 0 Å². The van der Waals surface area contributed by atoms with Gasteiger partial charge in [-0.2, -0.15) is 0 Å². The molecule has 1 atom stereocenters.